The maximum atomic E-state index is 12.9. The van der Waals surface area contributed by atoms with Crippen LogP contribution in [0.4, 0.5) is 26.3 Å². The Morgan fingerprint density at radius 2 is 1.13 bits per heavy atom. The summed E-state index contributed by atoms with van der Waals surface area (Å²) in [6.07, 6.45) is -9.27. The zero-order chi connectivity index (χ0) is 17.9. The lowest BCUT2D eigenvalue weighted by atomic mass is 10.0. The molecule has 0 unspecified atom stereocenters. The molecule has 1 aromatic rings. The summed E-state index contributed by atoms with van der Waals surface area (Å²) in [6, 6.07) is 5.59. The summed E-state index contributed by atoms with van der Waals surface area (Å²) in [7, 11) is -1.59. The third-order valence-electron chi connectivity index (χ3n) is 4.84. The van der Waals surface area contributed by atoms with Crippen molar-refractivity contribution in [3.63, 3.8) is 0 Å². The van der Waals surface area contributed by atoms with Crippen molar-refractivity contribution in [3.8, 4) is 0 Å². The second-order valence-corrected chi connectivity index (χ2v) is 11.6. The first kappa shape index (κ1) is 20.1. The number of benzene rings is 1. The first-order valence-electron chi connectivity index (χ1n) is 7.76. The lowest BCUT2D eigenvalue weighted by Gasteiger charge is -2.28. The quantitative estimate of drug-likeness (QED) is 0.389. The lowest BCUT2D eigenvalue weighted by Crippen LogP contribution is -2.31. The van der Waals surface area contributed by atoms with Crippen LogP contribution in [0.15, 0.2) is 18.2 Å². The van der Waals surface area contributed by atoms with Crippen molar-refractivity contribution in [2.75, 3.05) is 0 Å². The fourth-order valence-corrected chi connectivity index (χ4v) is 6.23. The number of halogens is 6. The molecule has 0 spiro atoms. The number of rotatable bonds is 6. The van der Waals surface area contributed by atoms with Crippen LogP contribution in [0.3, 0.4) is 0 Å². The van der Waals surface area contributed by atoms with Crippen molar-refractivity contribution >= 4 is 8.07 Å². The maximum absolute atomic E-state index is 12.9. The van der Waals surface area contributed by atoms with Gasteiger partial charge in [0.1, 0.15) is 0 Å². The van der Waals surface area contributed by atoms with Crippen LogP contribution in [0.25, 0.3) is 0 Å². The predicted octanol–water partition coefficient (Wildman–Crippen LogP) is 6.78. The molecule has 0 atom stereocenters. The molecule has 0 aliphatic carbocycles. The zero-order valence-electron chi connectivity index (χ0n) is 13.5. The molecule has 132 valence electrons. The summed E-state index contributed by atoms with van der Waals surface area (Å²) in [5.74, 6) is 0. The number of hydrogen-bond donors (Lipinski definition) is 0. The van der Waals surface area contributed by atoms with Crippen LogP contribution < -0.4 is 0 Å². The molecule has 0 N–H and O–H groups in total. The molecule has 0 aliphatic heterocycles. The average Bonchev–Trinajstić information content (AvgIpc) is 2.47. The van der Waals surface area contributed by atoms with Crippen molar-refractivity contribution in [1.29, 1.82) is 0 Å². The standard InChI is InChI=1S/C16H22F6Si/c1-4-23(5-2,6-3)8-7-12-9-13(15(17,18)19)11-14(10-12)16(20,21)22/h9-11H,4-8H2,1-3H3. The summed E-state index contributed by atoms with van der Waals surface area (Å²) in [5, 5.41) is 0. The molecule has 0 bridgehead atoms. The van der Waals surface area contributed by atoms with E-state index in [1.165, 1.54) is 0 Å². The lowest BCUT2D eigenvalue weighted by molar-refractivity contribution is -0.143. The van der Waals surface area contributed by atoms with Gasteiger partial charge in [0.05, 0.1) is 19.2 Å². The molecule has 1 aromatic carbocycles. The van der Waals surface area contributed by atoms with E-state index in [0.717, 1.165) is 36.3 Å². The highest BCUT2D eigenvalue weighted by molar-refractivity contribution is 6.79. The maximum Gasteiger partial charge on any atom is 0.416 e. The van der Waals surface area contributed by atoms with Crippen LogP contribution in [-0.2, 0) is 18.8 Å². The summed E-state index contributed by atoms with van der Waals surface area (Å²) in [6.45, 7) is 6.19. The van der Waals surface area contributed by atoms with Crippen molar-refractivity contribution in [1.82, 2.24) is 0 Å². The van der Waals surface area contributed by atoms with Crippen molar-refractivity contribution < 1.29 is 26.3 Å². The van der Waals surface area contributed by atoms with Crippen molar-refractivity contribution in [2.45, 2.75) is 63.7 Å². The Morgan fingerprint density at radius 1 is 0.739 bits per heavy atom. The van der Waals surface area contributed by atoms with Crippen LogP contribution in [-0.4, -0.2) is 8.07 Å². The topological polar surface area (TPSA) is 0 Å². The largest absolute Gasteiger partial charge is 0.416 e. The third kappa shape index (κ3) is 5.26. The number of aryl methyl sites for hydroxylation is 1. The smallest absolute Gasteiger partial charge is 0.166 e. The van der Waals surface area contributed by atoms with E-state index >= 15 is 0 Å². The monoisotopic (exact) mass is 356 g/mol. The summed E-state index contributed by atoms with van der Waals surface area (Å²) in [4.78, 5) is 0. The minimum atomic E-state index is -4.77. The van der Waals surface area contributed by atoms with Gasteiger partial charge in [-0.1, -0.05) is 44.9 Å². The van der Waals surface area contributed by atoms with Gasteiger partial charge in [-0.3, -0.25) is 0 Å². The van der Waals surface area contributed by atoms with E-state index in [2.05, 4.69) is 20.8 Å². The van der Waals surface area contributed by atoms with Gasteiger partial charge < -0.3 is 0 Å². The van der Waals surface area contributed by atoms with E-state index in [9.17, 15) is 26.3 Å². The Balaban J connectivity index is 3.16. The Labute approximate surface area is 133 Å². The van der Waals surface area contributed by atoms with E-state index in [1.807, 2.05) is 0 Å². The molecule has 1 rings (SSSR count). The summed E-state index contributed by atoms with van der Waals surface area (Å²) >= 11 is 0. The van der Waals surface area contributed by atoms with Crippen LogP contribution >= 0.6 is 0 Å². The third-order valence-corrected chi connectivity index (χ3v) is 10.7. The molecule has 0 fully saturated rings. The highest BCUT2D eigenvalue weighted by Gasteiger charge is 2.37. The highest BCUT2D eigenvalue weighted by atomic mass is 28.3. The molecule has 7 heteroatoms. The van der Waals surface area contributed by atoms with Crippen molar-refractivity contribution in [2.24, 2.45) is 0 Å². The van der Waals surface area contributed by atoms with Gasteiger partial charge in [0, 0.05) is 0 Å². The van der Waals surface area contributed by atoms with Gasteiger partial charge in [0.2, 0.25) is 0 Å². The Hall–Kier alpha value is -0.983. The van der Waals surface area contributed by atoms with Crippen LogP contribution in [0.5, 0.6) is 0 Å². The van der Waals surface area contributed by atoms with Crippen LogP contribution in [0, 0.1) is 0 Å². The van der Waals surface area contributed by atoms with E-state index in [0.29, 0.717) is 0 Å². The van der Waals surface area contributed by atoms with E-state index in [1.54, 1.807) is 0 Å². The number of hydrogen-bond acceptors (Lipinski definition) is 0. The molecule has 23 heavy (non-hydrogen) atoms. The highest BCUT2D eigenvalue weighted by Crippen LogP contribution is 2.37. The predicted molar refractivity (Wildman–Crippen MR) is 82.2 cm³/mol. The Bertz CT molecular complexity index is 474. The van der Waals surface area contributed by atoms with Crippen LogP contribution in [0.2, 0.25) is 24.2 Å². The van der Waals surface area contributed by atoms with E-state index < -0.39 is 31.6 Å². The molecule has 0 saturated heterocycles. The van der Waals surface area contributed by atoms with Gasteiger partial charge in [0.15, 0.2) is 0 Å². The molecule has 0 amide bonds. The van der Waals surface area contributed by atoms with Gasteiger partial charge in [0.25, 0.3) is 0 Å². The summed E-state index contributed by atoms with van der Waals surface area (Å²) in [5.41, 5.74) is -2.32. The minimum absolute atomic E-state index is 0.124. The molecule has 0 nitrogen and oxygen atoms in total. The fraction of sp³-hybridized carbons (Fsp3) is 0.625. The normalized spacial score (nSPS) is 13.4. The first-order valence-corrected chi connectivity index (χ1v) is 10.6. The molecule has 0 aliphatic rings. The minimum Gasteiger partial charge on any atom is -0.166 e. The Kier molecular flexibility index (Phi) is 6.35. The molecular formula is C16H22F6Si. The van der Waals surface area contributed by atoms with Crippen LogP contribution in [0.1, 0.15) is 37.5 Å². The second-order valence-electron chi connectivity index (χ2n) is 5.97. The molecule has 0 saturated carbocycles. The molecule has 0 heterocycles. The second kappa shape index (κ2) is 7.28. The van der Waals surface area contributed by atoms with Gasteiger partial charge >= 0.3 is 12.4 Å². The van der Waals surface area contributed by atoms with Gasteiger partial charge in [-0.2, -0.15) is 26.3 Å². The average molecular weight is 356 g/mol. The summed E-state index contributed by atoms with van der Waals surface area (Å²) < 4.78 is 77.1. The van der Waals surface area contributed by atoms with E-state index in [-0.39, 0.29) is 18.1 Å². The van der Waals surface area contributed by atoms with Gasteiger partial charge in [-0.25, -0.2) is 0 Å². The van der Waals surface area contributed by atoms with Gasteiger partial charge in [-0.05, 0) is 30.2 Å². The number of alkyl halides is 6. The van der Waals surface area contributed by atoms with Gasteiger partial charge in [-0.15, -0.1) is 0 Å². The SMILES string of the molecule is CC[Si](CC)(CC)CCc1cc(C(F)(F)F)cc(C(F)(F)F)c1. The van der Waals surface area contributed by atoms with Crippen molar-refractivity contribution in [3.05, 3.63) is 34.9 Å². The Morgan fingerprint density at radius 3 is 1.43 bits per heavy atom. The molecule has 0 aromatic heterocycles. The first-order chi connectivity index (χ1) is 10.5. The van der Waals surface area contributed by atoms with E-state index in [4.69, 9.17) is 0 Å². The molecular weight excluding hydrogens is 334 g/mol. The zero-order valence-corrected chi connectivity index (χ0v) is 14.5. The molecule has 0 radical (unpaired) electrons. The fourth-order valence-electron chi connectivity index (χ4n) is 2.85.